The van der Waals surface area contributed by atoms with E-state index in [9.17, 15) is 20.1 Å². The third kappa shape index (κ3) is 3.11. The number of amides is 1. The Kier molecular flexibility index (Phi) is 4.82. The van der Waals surface area contributed by atoms with Crippen LogP contribution in [0.5, 0.6) is 0 Å². The predicted molar refractivity (Wildman–Crippen MR) is 103 cm³/mol. The van der Waals surface area contributed by atoms with Gasteiger partial charge in [-0.25, -0.2) is 0 Å². The SMILES string of the molecule is Cc1[nH]c2ccccc2c1C(=O)CSC1=C(C#N)C(C)(C)[C@@H](C#N)C(=O)N1. The molecule has 0 unspecified atom stereocenters. The molecule has 27 heavy (non-hydrogen) atoms. The number of hydrogen-bond acceptors (Lipinski definition) is 5. The van der Waals surface area contributed by atoms with Crippen LogP contribution in [-0.4, -0.2) is 22.4 Å². The molecule has 2 aromatic rings. The first kappa shape index (κ1) is 18.8. The Hall–Kier alpha value is -3.03. The van der Waals surface area contributed by atoms with Crippen LogP contribution in [0, 0.1) is 40.9 Å². The largest absolute Gasteiger partial charge is 0.358 e. The summed E-state index contributed by atoms with van der Waals surface area (Å²) in [5, 5.41) is 22.7. The number of hydrogen-bond donors (Lipinski definition) is 2. The maximum absolute atomic E-state index is 12.8. The number of para-hydroxylation sites is 1. The lowest BCUT2D eigenvalue weighted by molar-refractivity contribution is -0.125. The minimum absolute atomic E-state index is 0.0801. The Labute approximate surface area is 161 Å². The Bertz CT molecular complexity index is 1070. The molecule has 1 aromatic heterocycles. The van der Waals surface area contributed by atoms with E-state index in [1.165, 1.54) is 0 Å². The van der Waals surface area contributed by atoms with Crippen molar-refractivity contribution in [1.29, 1.82) is 10.5 Å². The standard InChI is InChI=1S/C20H18N4O2S/c1-11-17(12-6-4-5-7-15(12)23-11)16(25)10-27-19-14(9-22)20(2,3)13(8-21)18(26)24-19/h4-7,13,23H,10H2,1-3H3,(H,24,26)/t13-/m0/s1. The van der Waals surface area contributed by atoms with Crippen LogP contribution in [0.2, 0.25) is 0 Å². The topological polar surface area (TPSA) is 110 Å². The van der Waals surface area contributed by atoms with Crippen molar-refractivity contribution in [2.24, 2.45) is 11.3 Å². The number of thioether (sulfide) groups is 1. The molecule has 0 saturated carbocycles. The molecule has 136 valence electrons. The number of nitrogens with one attached hydrogen (secondary N) is 2. The van der Waals surface area contributed by atoms with Crippen LogP contribution in [0.3, 0.4) is 0 Å². The fourth-order valence-corrected chi connectivity index (χ4v) is 4.43. The van der Waals surface area contributed by atoms with Gasteiger partial charge in [0, 0.05) is 27.6 Å². The molecule has 0 spiro atoms. The van der Waals surface area contributed by atoms with Crippen molar-refractivity contribution in [3.05, 3.63) is 46.1 Å². The first-order valence-corrected chi connectivity index (χ1v) is 9.38. The summed E-state index contributed by atoms with van der Waals surface area (Å²) in [6.45, 7) is 5.25. The van der Waals surface area contributed by atoms with Gasteiger partial charge in [-0.2, -0.15) is 10.5 Å². The number of rotatable bonds is 4. The van der Waals surface area contributed by atoms with Crippen molar-refractivity contribution < 1.29 is 9.59 Å². The molecule has 0 fully saturated rings. The number of aryl methyl sites for hydroxylation is 1. The molecule has 1 atom stereocenters. The van der Waals surface area contributed by atoms with Gasteiger partial charge in [-0.15, -0.1) is 0 Å². The molecule has 1 aliphatic heterocycles. The molecule has 2 N–H and O–H groups in total. The van der Waals surface area contributed by atoms with Crippen LogP contribution >= 0.6 is 11.8 Å². The number of nitrogens with zero attached hydrogens (tertiary/aromatic N) is 2. The quantitative estimate of drug-likeness (QED) is 0.792. The second-order valence-electron chi connectivity index (χ2n) is 6.97. The van der Waals surface area contributed by atoms with Gasteiger partial charge in [-0.1, -0.05) is 43.8 Å². The maximum atomic E-state index is 12.8. The summed E-state index contributed by atoms with van der Waals surface area (Å²) in [5.74, 6) is -1.39. The van der Waals surface area contributed by atoms with E-state index in [1.807, 2.05) is 37.3 Å². The van der Waals surface area contributed by atoms with Gasteiger partial charge in [0.15, 0.2) is 5.78 Å². The van der Waals surface area contributed by atoms with Crippen molar-refractivity contribution in [3.63, 3.8) is 0 Å². The molecule has 0 bridgehead atoms. The zero-order valence-electron chi connectivity index (χ0n) is 15.2. The van der Waals surface area contributed by atoms with Gasteiger partial charge in [0.2, 0.25) is 5.91 Å². The Morgan fingerprint density at radius 1 is 1.30 bits per heavy atom. The van der Waals surface area contributed by atoms with E-state index in [-0.39, 0.29) is 11.5 Å². The summed E-state index contributed by atoms with van der Waals surface area (Å²) in [5.41, 5.74) is 1.71. The summed E-state index contributed by atoms with van der Waals surface area (Å²) < 4.78 is 0. The fraction of sp³-hybridized carbons (Fsp3) is 0.300. The second kappa shape index (κ2) is 6.94. The monoisotopic (exact) mass is 378 g/mol. The highest BCUT2D eigenvalue weighted by Gasteiger charge is 2.44. The normalized spacial score (nSPS) is 18.7. The average molecular weight is 378 g/mol. The van der Waals surface area contributed by atoms with E-state index >= 15 is 0 Å². The van der Waals surface area contributed by atoms with Gasteiger partial charge in [0.05, 0.1) is 28.5 Å². The number of nitriles is 2. The number of H-pyrrole nitrogens is 1. The molecular formula is C20H18N4O2S. The lowest BCUT2D eigenvalue weighted by Crippen LogP contribution is -2.44. The lowest BCUT2D eigenvalue weighted by Gasteiger charge is -2.34. The second-order valence-corrected chi connectivity index (χ2v) is 7.96. The van der Waals surface area contributed by atoms with E-state index in [0.29, 0.717) is 16.2 Å². The highest BCUT2D eigenvalue weighted by molar-refractivity contribution is 8.03. The van der Waals surface area contributed by atoms with Crippen molar-refractivity contribution >= 4 is 34.4 Å². The van der Waals surface area contributed by atoms with Crippen molar-refractivity contribution in [2.75, 3.05) is 5.75 Å². The number of carbonyl (C=O) groups is 2. The van der Waals surface area contributed by atoms with Crippen LogP contribution in [0.25, 0.3) is 10.9 Å². The minimum Gasteiger partial charge on any atom is -0.358 e. The molecule has 1 amide bonds. The molecule has 0 radical (unpaired) electrons. The summed E-state index contributed by atoms with van der Waals surface area (Å²) in [6.07, 6.45) is 0. The number of aromatic nitrogens is 1. The third-order valence-corrected chi connectivity index (χ3v) is 5.85. The number of ketones is 1. The summed E-state index contributed by atoms with van der Waals surface area (Å²) in [4.78, 5) is 28.3. The third-order valence-electron chi connectivity index (χ3n) is 4.85. The Balaban J connectivity index is 1.89. The van der Waals surface area contributed by atoms with E-state index in [2.05, 4.69) is 16.4 Å². The molecule has 7 heteroatoms. The number of benzene rings is 1. The van der Waals surface area contributed by atoms with E-state index in [4.69, 9.17) is 0 Å². The van der Waals surface area contributed by atoms with Crippen molar-refractivity contribution in [3.8, 4) is 12.1 Å². The van der Waals surface area contributed by atoms with Crippen LogP contribution in [0.15, 0.2) is 34.9 Å². The molecule has 1 aliphatic rings. The van der Waals surface area contributed by atoms with Gasteiger partial charge in [-0.05, 0) is 13.0 Å². The zero-order chi connectivity index (χ0) is 19.8. The smallest absolute Gasteiger partial charge is 0.243 e. The first-order chi connectivity index (χ1) is 12.8. The van der Waals surface area contributed by atoms with Gasteiger partial charge < -0.3 is 10.3 Å². The van der Waals surface area contributed by atoms with E-state index in [0.717, 1.165) is 28.4 Å². The molecule has 0 saturated heterocycles. The van der Waals surface area contributed by atoms with Gasteiger partial charge in [0.1, 0.15) is 5.92 Å². The zero-order valence-corrected chi connectivity index (χ0v) is 16.0. The van der Waals surface area contributed by atoms with E-state index in [1.54, 1.807) is 13.8 Å². The van der Waals surface area contributed by atoms with Crippen LogP contribution in [0.1, 0.15) is 29.9 Å². The van der Waals surface area contributed by atoms with Crippen LogP contribution in [-0.2, 0) is 4.79 Å². The highest BCUT2D eigenvalue weighted by Crippen LogP contribution is 2.42. The molecule has 3 rings (SSSR count). The lowest BCUT2D eigenvalue weighted by atomic mass is 9.72. The molecule has 2 heterocycles. The van der Waals surface area contributed by atoms with Crippen LogP contribution < -0.4 is 5.32 Å². The number of carbonyl (C=O) groups excluding carboxylic acids is 2. The molecule has 1 aromatic carbocycles. The average Bonchev–Trinajstić information content (AvgIpc) is 2.95. The van der Waals surface area contributed by atoms with Gasteiger partial charge in [0.25, 0.3) is 0 Å². The Morgan fingerprint density at radius 2 is 2.00 bits per heavy atom. The van der Waals surface area contributed by atoms with Gasteiger partial charge >= 0.3 is 0 Å². The minimum atomic E-state index is -0.942. The molecule has 0 aliphatic carbocycles. The highest BCUT2D eigenvalue weighted by atomic mass is 32.2. The maximum Gasteiger partial charge on any atom is 0.243 e. The number of Topliss-reactive ketones (excluding diaryl/α,β-unsaturated/α-hetero) is 1. The number of fused-ring (bicyclic) bond motifs is 1. The summed E-state index contributed by atoms with van der Waals surface area (Å²) >= 11 is 1.12. The first-order valence-electron chi connectivity index (χ1n) is 8.40. The van der Waals surface area contributed by atoms with E-state index < -0.39 is 17.2 Å². The molecule has 6 nitrogen and oxygen atoms in total. The summed E-state index contributed by atoms with van der Waals surface area (Å²) in [6, 6.07) is 11.6. The fourth-order valence-electron chi connectivity index (χ4n) is 3.38. The number of aromatic amines is 1. The summed E-state index contributed by atoms with van der Waals surface area (Å²) in [7, 11) is 0. The van der Waals surface area contributed by atoms with Gasteiger partial charge in [-0.3, -0.25) is 9.59 Å². The van der Waals surface area contributed by atoms with Crippen molar-refractivity contribution in [2.45, 2.75) is 20.8 Å². The van der Waals surface area contributed by atoms with Crippen molar-refractivity contribution in [1.82, 2.24) is 10.3 Å². The van der Waals surface area contributed by atoms with Crippen LogP contribution in [0.4, 0.5) is 0 Å². The molecular weight excluding hydrogens is 360 g/mol. The predicted octanol–water partition coefficient (Wildman–Crippen LogP) is 3.42. The Morgan fingerprint density at radius 3 is 2.67 bits per heavy atom. The number of allylic oxidation sites excluding steroid dienone is 1.